The summed E-state index contributed by atoms with van der Waals surface area (Å²) in [6.45, 7) is -0.243. The molecule has 1 aliphatic heterocycles. The Morgan fingerprint density at radius 2 is 1.59 bits per heavy atom. The molecule has 208 valence electrons. The Labute approximate surface area is 224 Å². The molecule has 0 saturated carbocycles. The first-order valence-electron chi connectivity index (χ1n) is 12.1. The molecule has 3 aromatic carbocycles. The third kappa shape index (κ3) is 7.09. The zero-order chi connectivity index (χ0) is 28.2. The molecule has 0 bridgehead atoms. The number of hydrogen-bond acceptors (Lipinski definition) is 7. The highest BCUT2D eigenvalue weighted by atomic mass is 32.3. The van der Waals surface area contributed by atoms with Crippen LogP contribution in [-0.4, -0.2) is 42.3 Å². The fourth-order valence-electron chi connectivity index (χ4n) is 4.54. The summed E-state index contributed by atoms with van der Waals surface area (Å²) < 4.78 is 66.2. The average Bonchev–Trinajstić information content (AvgIpc) is 2.88. The maximum Gasteiger partial charge on any atom is 0.397 e. The van der Waals surface area contributed by atoms with Crippen LogP contribution in [0.25, 0.3) is 0 Å². The topological polar surface area (TPSA) is 134 Å². The van der Waals surface area contributed by atoms with Gasteiger partial charge < -0.3 is 19.8 Å². The molecule has 12 heteroatoms. The van der Waals surface area contributed by atoms with Crippen LogP contribution in [0.2, 0.25) is 0 Å². The van der Waals surface area contributed by atoms with E-state index in [2.05, 4.69) is 4.18 Å². The van der Waals surface area contributed by atoms with Gasteiger partial charge in [0.15, 0.2) is 0 Å². The number of hydrogen-bond donors (Lipinski definition) is 3. The lowest BCUT2D eigenvalue weighted by molar-refractivity contribution is -0.131. The predicted molar refractivity (Wildman–Crippen MR) is 136 cm³/mol. The largest absolute Gasteiger partial charge is 0.507 e. The number of benzene rings is 3. The fraction of sp³-hybridized carbons (Fsp3) is 0.296. The Kier molecular flexibility index (Phi) is 8.80. The summed E-state index contributed by atoms with van der Waals surface area (Å²) in [5.41, 5.74) is 1.38. The van der Waals surface area contributed by atoms with E-state index >= 15 is 0 Å². The van der Waals surface area contributed by atoms with E-state index in [1.54, 1.807) is 12.1 Å². The Morgan fingerprint density at radius 1 is 0.949 bits per heavy atom. The Morgan fingerprint density at radius 3 is 2.21 bits per heavy atom. The molecular weight excluding hydrogens is 536 g/mol. The number of aromatic hydroxyl groups is 1. The number of phenols is 1. The summed E-state index contributed by atoms with van der Waals surface area (Å²) in [7, 11) is -4.54. The highest BCUT2D eigenvalue weighted by Crippen LogP contribution is 2.49. The van der Waals surface area contributed by atoms with Crippen LogP contribution >= 0.6 is 0 Å². The molecule has 1 heterocycles. The number of ether oxygens (including phenoxy) is 1. The first-order chi connectivity index (χ1) is 18.5. The molecule has 1 saturated heterocycles. The van der Waals surface area contributed by atoms with Gasteiger partial charge in [0.1, 0.15) is 23.1 Å². The number of halogens is 2. The summed E-state index contributed by atoms with van der Waals surface area (Å²) in [6.07, 6.45) is -0.293. The Hall–Kier alpha value is -3.58. The molecule has 1 amide bonds. The minimum Gasteiger partial charge on any atom is -0.507 e. The number of phenolic OH excluding ortho intramolecular Hbond substituents is 1. The van der Waals surface area contributed by atoms with Crippen LogP contribution in [0.5, 0.6) is 11.5 Å². The predicted octanol–water partition coefficient (Wildman–Crippen LogP) is 4.48. The molecule has 1 fully saturated rings. The average molecular weight is 564 g/mol. The second-order valence-corrected chi connectivity index (χ2v) is 10.1. The first kappa shape index (κ1) is 28.4. The second kappa shape index (κ2) is 12.1. The van der Waals surface area contributed by atoms with E-state index < -0.39 is 40.1 Å². The second-order valence-electron chi connectivity index (χ2n) is 9.05. The van der Waals surface area contributed by atoms with Crippen molar-refractivity contribution in [2.45, 2.75) is 31.4 Å². The van der Waals surface area contributed by atoms with Gasteiger partial charge in [-0.25, -0.2) is 13.0 Å². The molecule has 3 aromatic rings. The number of anilines is 1. The quantitative estimate of drug-likeness (QED) is 0.167. The monoisotopic (exact) mass is 563 g/mol. The van der Waals surface area contributed by atoms with Gasteiger partial charge in [0.2, 0.25) is 5.91 Å². The molecule has 4 rings (SSSR count). The SMILES string of the molecule is O=C1C(CCC(O)c2ccc(F)cc2)C(c2ccc(OCCCOS(=O)(=O)O)cc2O)N1c1ccc(F)cc1. The maximum atomic E-state index is 13.5. The van der Waals surface area contributed by atoms with E-state index in [1.807, 2.05) is 0 Å². The van der Waals surface area contributed by atoms with E-state index in [0.717, 1.165) is 0 Å². The van der Waals surface area contributed by atoms with E-state index in [-0.39, 0.29) is 49.9 Å². The molecule has 0 radical (unpaired) electrons. The van der Waals surface area contributed by atoms with Crippen LogP contribution < -0.4 is 9.64 Å². The molecule has 9 nitrogen and oxygen atoms in total. The summed E-state index contributed by atoms with van der Waals surface area (Å²) >= 11 is 0. The third-order valence-electron chi connectivity index (χ3n) is 6.43. The zero-order valence-electron chi connectivity index (χ0n) is 20.6. The highest BCUT2D eigenvalue weighted by molar-refractivity contribution is 7.80. The van der Waals surface area contributed by atoms with Crippen molar-refractivity contribution >= 4 is 22.0 Å². The number of carbonyl (C=O) groups is 1. The number of rotatable bonds is 12. The van der Waals surface area contributed by atoms with Crippen molar-refractivity contribution < 1.29 is 45.7 Å². The molecule has 0 aromatic heterocycles. The number of amides is 1. The van der Waals surface area contributed by atoms with Gasteiger partial charge in [-0.05, 0) is 66.9 Å². The minimum absolute atomic E-state index is 0.0435. The number of nitrogens with zero attached hydrogens (tertiary/aromatic N) is 1. The van der Waals surface area contributed by atoms with E-state index in [0.29, 0.717) is 16.8 Å². The molecule has 3 N–H and O–H groups in total. The number of carbonyl (C=O) groups excluding carboxylic acids is 1. The van der Waals surface area contributed by atoms with Crippen LogP contribution in [0.3, 0.4) is 0 Å². The van der Waals surface area contributed by atoms with Gasteiger partial charge in [-0.15, -0.1) is 0 Å². The maximum absolute atomic E-state index is 13.5. The standard InChI is InChI=1S/C27H27F2NO8S/c28-18-4-2-17(3-5-18)24(31)13-12-23-26(30(27(23)33)20-8-6-19(29)7-9-20)22-11-10-21(16-25(22)32)37-14-1-15-38-39(34,35)36/h2-11,16,23-24,26,31-32H,1,12-15H2,(H,34,35,36). The number of aliphatic hydroxyl groups excluding tert-OH is 1. The molecule has 39 heavy (non-hydrogen) atoms. The molecular formula is C27H27F2NO8S. The fourth-order valence-corrected chi connectivity index (χ4v) is 4.87. The van der Waals surface area contributed by atoms with Crippen LogP contribution in [0.1, 0.15) is 42.5 Å². The summed E-state index contributed by atoms with van der Waals surface area (Å²) in [6, 6.07) is 14.8. The highest BCUT2D eigenvalue weighted by Gasteiger charge is 2.49. The van der Waals surface area contributed by atoms with Crippen molar-refractivity contribution in [2.75, 3.05) is 18.1 Å². The smallest absolute Gasteiger partial charge is 0.397 e. The first-order valence-corrected chi connectivity index (χ1v) is 13.5. The van der Waals surface area contributed by atoms with Crippen LogP contribution in [-0.2, 0) is 19.4 Å². The minimum atomic E-state index is -4.54. The molecule has 3 atom stereocenters. The number of aliphatic hydroxyl groups is 1. The molecule has 1 aliphatic rings. The molecule has 0 aliphatic carbocycles. The van der Waals surface area contributed by atoms with Gasteiger partial charge in [-0.1, -0.05) is 12.1 Å². The van der Waals surface area contributed by atoms with E-state index in [9.17, 15) is 32.2 Å². The van der Waals surface area contributed by atoms with Crippen molar-refractivity contribution in [2.24, 2.45) is 5.92 Å². The van der Waals surface area contributed by atoms with Crippen molar-refractivity contribution in [3.05, 3.63) is 89.5 Å². The van der Waals surface area contributed by atoms with Gasteiger partial charge in [-0.3, -0.25) is 9.35 Å². The van der Waals surface area contributed by atoms with E-state index in [1.165, 1.54) is 59.5 Å². The lowest BCUT2D eigenvalue weighted by atomic mass is 9.78. The summed E-state index contributed by atoms with van der Waals surface area (Å²) in [4.78, 5) is 14.7. The van der Waals surface area contributed by atoms with Crippen LogP contribution in [0, 0.1) is 17.6 Å². The van der Waals surface area contributed by atoms with E-state index in [4.69, 9.17) is 9.29 Å². The Balaban J connectivity index is 1.49. The van der Waals surface area contributed by atoms with Gasteiger partial charge in [0.25, 0.3) is 0 Å². The van der Waals surface area contributed by atoms with Gasteiger partial charge in [0, 0.05) is 23.7 Å². The van der Waals surface area contributed by atoms with Crippen molar-refractivity contribution in [1.82, 2.24) is 0 Å². The summed E-state index contributed by atoms with van der Waals surface area (Å²) in [5.74, 6) is -1.62. The number of β-lactam (4-membered cyclic amide) rings is 1. The zero-order valence-corrected chi connectivity index (χ0v) is 21.4. The van der Waals surface area contributed by atoms with Gasteiger partial charge in [-0.2, -0.15) is 8.42 Å². The van der Waals surface area contributed by atoms with Crippen molar-refractivity contribution in [3.8, 4) is 11.5 Å². The Bertz CT molecular complexity index is 1400. The normalized spacial score (nSPS) is 18.1. The lowest BCUT2D eigenvalue weighted by Gasteiger charge is -2.48. The van der Waals surface area contributed by atoms with Crippen LogP contribution in [0.15, 0.2) is 66.7 Å². The van der Waals surface area contributed by atoms with Crippen LogP contribution in [0.4, 0.5) is 14.5 Å². The third-order valence-corrected chi connectivity index (χ3v) is 6.90. The summed E-state index contributed by atoms with van der Waals surface area (Å²) in [5, 5.41) is 21.4. The van der Waals surface area contributed by atoms with Crippen molar-refractivity contribution in [1.29, 1.82) is 0 Å². The van der Waals surface area contributed by atoms with Gasteiger partial charge >= 0.3 is 10.4 Å². The lowest BCUT2D eigenvalue weighted by Crippen LogP contribution is -2.55. The molecule has 0 spiro atoms. The van der Waals surface area contributed by atoms with Crippen molar-refractivity contribution in [3.63, 3.8) is 0 Å². The van der Waals surface area contributed by atoms with Gasteiger partial charge in [0.05, 0.1) is 31.3 Å². The molecule has 3 unspecified atom stereocenters.